The van der Waals surface area contributed by atoms with Gasteiger partial charge in [-0.25, -0.2) is 13.2 Å². The number of aliphatic hydroxyl groups is 1. The third-order valence-electron chi connectivity index (χ3n) is 4.28. The molecule has 4 nitrogen and oxygen atoms in total. The highest BCUT2D eigenvalue weighted by Crippen LogP contribution is 2.32. The molecule has 0 saturated heterocycles. The molecular formula is C20H19F3N2O2. The molecule has 3 aromatic rings. The van der Waals surface area contributed by atoms with Gasteiger partial charge in [0.1, 0.15) is 23.1 Å². The first kappa shape index (κ1) is 19.0. The zero-order valence-electron chi connectivity index (χ0n) is 14.9. The van der Waals surface area contributed by atoms with Crippen LogP contribution in [-0.2, 0) is 11.2 Å². The van der Waals surface area contributed by atoms with Crippen LogP contribution in [0.1, 0.15) is 19.4 Å². The lowest BCUT2D eigenvalue weighted by Crippen LogP contribution is -2.42. The Kier molecular flexibility index (Phi) is 4.97. The molecule has 0 unspecified atom stereocenters. The van der Waals surface area contributed by atoms with E-state index >= 15 is 0 Å². The normalized spacial score (nSPS) is 11.8. The maximum absolute atomic E-state index is 14.2. The van der Waals surface area contributed by atoms with Crippen LogP contribution >= 0.6 is 0 Å². The largest absolute Gasteiger partial charge is 0.381 e. The van der Waals surface area contributed by atoms with Gasteiger partial charge in [-0.3, -0.25) is 4.79 Å². The highest BCUT2D eigenvalue weighted by atomic mass is 19.1. The molecule has 3 N–H and O–H groups in total. The molecule has 0 aliphatic heterocycles. The number of H-pyrrole nitrogens is 1. The summed E-state index contributed by atoms with van der Waals surface area (Å²) in [6.07, 6.45) is 0.261. The number of hydrogen-bond acceptors (Lipinski definition) is 2. The molecule has 2 aromatic carbocycles. The summed E-state index contributed by atoms with van der Waals surface area (Å²) in [7, 11) is 0. The van der Waals surface area contributed by atoms with Crippen molar-refractivity contribution in [1.29, 1.82) is 0 Å². The first-order valence-corrected chi connectivity index (χ1v) is 8.43. The van der Waals surface area contributed by atoms with E-state index in [1.54, 1.807) is 0 Å². The van der Waals surface area contributed by atoms with Crippen LogP contribution in [0, 0.1) is 17.5 Å². The fraction of sp³-hybridized carbons (Fsp3) is 0.250. The minimum atomic E-state index is -1.53. The Morgan fingerprint density at radius 1 is 1.11 bits per heavy atom. The Morgan fingerprint density at radius 3 is 2.41 bits per heavy atom. The lowest BCUT2D eigenvalue weighted by molar-refractivity contribution is -0.136. The molecule has 7 heteroatoms. The summed E-state index contributed by atoms with van der Waals surface area (Å²) in [6, 6.07) is 7.62. The average molecular weight is 376 g/mol. The predicted molar refractivity (Wildman–Crippen MR) is 96.6 cm³/mol. The second kappa shape index (κ2) is 7.08. The van der Waals surface area contributed by atoms with Crippen molar-refractivity contribution in [3.63, 3.8) is 0 Å². The van der Waals surface area contributed by atoms with E-state index in [9.17, 15) is 23.1 Å². The molecule has 0 saturated carbocycles. The summed E-state index contributed by atoms with van der Waals surface area (Å²) in [5, 5.41) is 12.6. The van der Waals surface area contributed by atoms with Crippen LogP contribution in [0.25, 0.3) is 22.2 Å². The maximum Gasteiger partial charge on any atom is 0.251 e. The number of fused-ring (bicyclic) bond motifs is 1. The van der Waals surface area contributed by atoms with Crippen molar-refractivity contribution >= 4 is 16.8 Å². The summed E-state index contributed by atoms with van der Waals surface area (Å²) in [6.45, 7) is 2.88. The Bertz CT molecular complexity index is 989. The molecule has 27 heavy (non-hydrogen) atoms. The fourth-order valence-corrected chi connectivity index (χ4v) is 2.91. The van der Waals surface area contributed by atoms with Gasteiger partial charge in [0.05, 0.1) is 5.52 Å². The molecule has 0 atom stereocenters. The van der Waals surface area contributed by atoms with E-state index in [4.69, 9.17) is 0 Å². The number of carbonyl (C=O) groups is 1. The van der Waals surface area contributed by atoms with Gasteiger partial charge >= 0.3 is 0 Å². The number of rotatable bonds is 5. The van der Waals surface area contributed by atoms with E-state index in [0.29, 0.717) is 22.2 Å². The van der Waals surface area contributed by atoms with Gasteiger partial charge in [-0.1, -0.05) is 0 Å². The minimum absolute atomic E-state index is 0.138. The van der Waals surface area contributed by atoms with E-state index in [1.807, 2.05) is 0 Å². The second-order valence-corrected chi connectivity index (χ2v) is 6.86. The third-order valence-corrected chi connectivity index (χ3v) is 4.28. The highest BCUT2D eigenvalue weighted by Gasteiger charge is 2.23. The Labute approximate surface area is 154 Å². The Hall–Kier alpha value is -2.80. The zero-order valence-corrected chi connectivity index (χ0v) is 14.9. The SMILES string of the molecule is CC(C)(O)C(=O)NCCc1c(-c2ccc(F)cc2)[nH]c2c(F)cc(F)cc12. The maximum atomic E-state index is 14.2. The summed E-state index contributed by atoms with van der Waals surface area (Å²) in [5.41, 5.74) is 0.326. The van der Waals surface area contributed by atoms with Gasteiger partial charge in [0.15, 0.2) is 0 Å². The Balaban J connectivity index is 2.01. The molecule has 0 aliphatic rings. The molecule has 142 valence electrons. The van der Waals surface area contributed by atoms with Crippen molar-refractivity contribution in [2.75, 3.05) is 6.54 Å². The van der Waals surface area contributed by atoms with E-state index in [2.05, 4.69) is 10.3 Å². The molecular weight excluding hydrogens is 357 g/mol. The van der Waals surface area contributed by atoms with Crippen LogP contribution in [-0.4, -0.2) is 28.1 Å². The predicted octanol–water partition coefficient (Wildman–Crippen LogP) is 3.68. The first-order valence-electron chi connectivity index (χ1n) is 8.43. The lowest BCUT2D eigenvalue weighted by Gasteiger charge is -2.16. The molecule has 1 aromatic heterocycles. The lowest BCUT2D eigenvalue weighted by atomic mass is 10.0. The number of aromatic nitrogens is 1. The second-order valence-electron chi connectivity index (χ2n) is 6.86. The number of amides is 1. The van der Waals surface area contributed by atoms with E-state index in [1.165, 1.54) is 44.2 Å². The number of halogens is 3. The highest BCUT2D eigenvalue weighted by molar-refractivity contribution is 5.91. The van der Waals surface area contributed by atoms with E-state index in [-0.39, 0.29) is 18.5 Å². The number of carbonyl (C=O) groups excluding carboxylic acids is 1. The molecule has 3 rings (SSSR count). The van der Waals surface area contributed by atoms with Crippen molar-refractivity contribution in [3.05, 3.63) is 59.4 Å². The monoisotopic (exact) mass is 376 g/mol. The van der Waals surface area contributed by atoms with Crippen LogP contribution in [0.3, 0.4) is 0 Å². The quantitative estimate of drug-likeness (QED) is 0.636. The van der Waals surface area contributed by atoms with Gasteiger partial charge in [0.25, 0.3) is 5.91 Å². The van der Waals surface area contributed by atoms with Gasteiger partial charge in [-0.15, -0.1) is 0 Å². The summed E-state index contributed by atoms with van der Waals surface area (Å²) >= 11 is 0. The molecule has 0 spiro atoms. The van der Waals surface area contributed by atoms with Crippen LogP contribution < -0.4 is 5.32 Å². The first-order chi connectivity index (χ1) is 12.7. The van der Waals surface area contributed by atoms with Crippen molar-refractivity contribution in [2.24, 2.45) is 0 Å². The smallest absolute Gasteiger partial charge is 0.251 e. The van der Waals surface area contributed by atoms with Gasteiger partial charge in [-0.2, -0.15) is 0 Å². The van der Waals surface area contributed by atoms with Crippen LogP contribution in [0.2, 0.25) is 0 Å². The molecule has 0 fully saturated rings. The molecule has 0 aliphatic carbocycles. The number of benzene rings is 2. The molecule has 0 radical (unpaired) electrons. The van der Waals surface area contributed by atoms with Gasteiger partial charge in [0, 0.05) is 23.7 Å². The van der Waals surface area contributed by atoms with Crippen LogP contribution in [0.15, 0.2) is 36.4 Å². The third kappa shape index (κ3) is 3.98. The summed E-state index contributed by atoms with van der Waals surface area (Å²) in [5.74, 6) is -2.42. The number of aromatic amines is 1. The Morgan fingerprint density at radius 2 is 1.78 bits per heavy atom. The van der Waals surface area contributed by atoms with Crippen molar-refractivity contribution in [2.45, 2.75) is 25.9 Å². The van der Waals surface area contributed by atoms with Gasteiger partial charge in [0.2, 0.25) is 0 Å². The van der Waals surface area contributed by atoms with Crippen molar-refractivity contribution in [1.82, 2.24) is 10.3 Å². The van der Waals surface area contributed by atoms with Gasteiger partial charge in [-0.05, 0) is 61.7 Å². The number of nitrogens with one attached hydrogen (secondary N) is 2. The van der Waals surface area contributed by atoms with Gasteiger partial charge < -0.3 is 15.4 Å². The number of hydrogen-bond donors (Lipinski definition) is 3. The fourth-order valence-electron chi connectivity index (χ4n) is 2.91. The molecule has 1 heterocycles. The minimum Gasteiger partial charge on any atom is -0.381 e. The summed E-state index contributed by atoms with van der Waals surface area (Å²) < 4.78 is 41.2. The van der Waals surface area contributed by atoms with Crippen LogP contribution in [0.5, 0.6) is 0 Å². The average Bonchev–Trinajstić information content (AvgIpc) is 2.93. The summed E-state index contributed by atoms with van der Waals surface area (Å²) in [4.78, 5) is 14.8. The van der Waals surface area contributed by atoms with E-state index < -0.39 is 29.0 Å². The zero-order chi connectivity index (χ0) is 19.8. The standard InChI is InChI=1S/C20H19F3N2O2/c1-20(2,27)19(26)24-8-7-14-15-9-13(22)10-16(23)18(15)25-17(14)11-3-5-12(21)6-4-11/h3-6,9-10,25,27H,7-8H2,1-2H3,(H,24,26). The van der Waals surface area contributed by atoms with Crippen LogP contribution in [0.4, 0.5) is 13.2 Å². The molecule has 1 amide bonds. The molecule has 0 bridgehead atoms. The van der Waals surface area contributed by atoms with E-state index in [0.717, 1.165) is 6.07 Å². The van der Waals surface area contributed by atoms with Crippen molar-refractivity contribution in [3.8, 4) is 11.3 Å². The van der Waals surface area contributed by atoms with Crippen molar-refractivity contribution < 1.29 is 23.1 Å². The topological polar surface area (TPSA) is 65.1 Å².